The molecule has 0 bridgehead atoms. The molecule has 1 aromatic carbocycles. The van der Waals surface area contributed by atoms with Gasteiger partial charge in [-0.2, -0.15) is 0 Å². The number of benzene rings is 1. The third-order valence-electron chi connectivity index (χ3n) is 2.37. The Labute approximate surface area is 98.0 Å². The van der Waals surface area contributed by atoms with E-state index in [0.717, 1.165) is 12.8 Å². The summed E-state index contributed by atoms with van der Waals surface area (Å²) in [7, 11) is 0. The molecule has 0 heterocycles. The molecular weight excluding hydrogens is 204 g/mol. The molecule has 0 amide bonds. The normalized spacial score (nSPS) is 13.2. The zero-order valence-electron chi connectivity index (χ0n) is 9.33. The SMILES string of the molecule is CCCCC(Cl)CC=Cc1ccccc1. The van der Waals surface area contributed by atoms with Crippen LogP contribution in [-0.4, -0.2) is 5.38 Å². The number of halogens is 1. The molecule has 1 aromatic rings. The molecular formula is C14H19Cl. The summed E-state index contributed by atoms with van der Waals surface area (Å²) in [4.78, 5) is 0. The fourth-order valence-corrected chi connectivity index (χ4v) is 1.72. The number of alkyl halides is 1. The number of hydrogen-bond acceptors (Lipinski definition) is 0. The highest BCUT2D eigenvalue weighted by molar-refractivity contribution is 6.20. The summed E-state index contributed by atoms with van der Waals surface area (Å²) >= 11 is 6.17. The molecule has 1 heteroatoms. The molecule has 0 nitrogen and oxygen atoms in total. The van der Waals surface area contributed by atoms with E-state index >= 15 is 0 Å². The van der Waals surface area contributed by atoms with Crippen LogP contribution in [0.4, 0.5) is 0 Å². The highest BCUT2D eigenvalue weighted by Crippen LogP contribution is 2.13. The van der Waals surface area contributed by atoms with Crippen LogP contribution >= 0.6 is 11.6 Å². The lowest BCUT2D eigenvalue weighted by Crippen LogP contribution is -1.95. The van der Waals surface area contributed by atoms with Crippen molar-refractivity contribution in [2.75, 3.05) is 0 Å². The zero-order chi connectivity index (χ0) is 10.9. The Morgan fingerprint density at radius 3 is 2.67 bits per heavy atom. The Balaban J connectivity index is 2.27. The van der Waals surface area contributed by atoms with Crippen LogP contribution in [0.1, 0.15) is 38.2 Å². The maximum absolute atomic E-state index is 6.17. The van der Waals surface area contributed by atoms with Gasteiger partial charge < -0.3 is 0 Å². The first kappa shape index (κ1) is 12.3. The zero-order valence-corrected chi connectivity index (χ0v) is 10.1. The van der Waals surface area contributed by atoms with Crippen LogP contribution in [-0.2, 0) is 0 Å². The van der Waals surface area contributed by atoms with Gasteiger partial charge in [-0.3, -0.25) is 0 Å². The summed E-state index contributed by atoms with van der Waals surface area (Å²) in [5.41, 5.74) is 1.25. The van der Waals surface area contributed by atoms with E-state index in [1.165, 1.54) is 18.4 Å². The van der Waals surface area contributed by atoms with Crippen LogP contribution in [0.2, 0.25) is 0 Å². The molecule has 0 aliphatic heterocycles. The van der Waals surface area contributed by atoms with Gasteiger partial charge in [0.15, 0.2) is 0 Å². The molecule has 15 heavy (non-hydrogen) atoms. The molecule has 0 aliphatic rings. The Morgan fingerprint density at radius 2 is 2.00 bits per heavy atom. The number of unbranched alkanes of at least 4 members (excludes halogenated alkanes) is 1. The molecule has 0 saturated carbocycles. The summed E-state index contributed by atoms with van der Waals surface area (Å²) in [6.45, 7) is 2.20. The van der Waals surface area contributed by atoms with Crippen molar-refractivity contribution < 1.29 is 0 Å². The van der Waals surface area contributed by atoms with Crippen molar-refractivity contribution in [3.63, 3.8) is 0 Å². The first-order valence-corrected chi connectivity index (χ1v) is 6.12. The van der Waals surface area contributed by atoms with Crippen molar-refractivity contribution >= 4 is 17.7 Å². The molecule has 0 N–H and O–H groups in total. The second kappa shape index (κ2) is 7.53. The Morgan fingerprint density at radius 1 is 1.27 bits per heavy atom. The minimum absolute atomic E-state index is 0.296. The largest absolute Gasteiger partial charge is 0.123 e. The lowest BCUT2D eigenvalue weighted by atomic mass is 10.1. The van der Waals surface area contributed by atoms with Crippen molar-refractivity contribution in [2.45, 2.75) is 38.0 Å². The van der Waals surface area contributed by atoms with E-state index in [9.17, 15) is 0 Å². The van der Waals surface area contributed by atoms with Gasteiger partial charge in [-0.05, 0) is 18.4 Å². The molecule has 0 fully saturated rings. The summed E-state index contributed by atoms with van der Waals surface area (Å²) in [6.07, 6.45) is 8.86. The Hall–Kier alpha value is -0.750. The van der Waals surface area contributed by atoms with Crippen molar-refractivity contribution in [2.24, 2.45) is 0 Å². The Bertz CT molecular complexity index is 277. The third kappa shape index (κ3) is 5.64. The monoisotopic (exact) mass is 222 g/mol. The van der Waals surface area contributed by atoms with Crippen molar-refractivity contribution in [1.29, 1.82) is 0 Å². The van der Waals surface area contributed by atoms with Gasteiger partial charge in [0.2, 0.25) is 0 Å². The smallest absolute Gasteiger partial charge is 0.0370 e. The molecule has 1 unspecified atom stereocenters. The second-order valence-corrected chi connectivity index (χ2v) is 4.41. The third-order valence-corrected chi connectivity index (χ3v) is 2.77. The van der Waals surface area contributed by atoms with Gasteiger partial charge in [0.25, 0.3) is 0 Å². The van der Waals surface area contributed by atoms with Crippen LogP contribution in [0.5, 0.6) is 0 Å². The minimum Gasteiger partial charge on any atom is -0.123 e. The average Bonchev–Trinajstić information content (AvgIpc) is 2.28. The lowest BCUT2D eigenvalue weighted by Gasteiger charge is -2.04. The average molecular weight is 223 g/mol. The van der Waals surface area contributed by atoms with Gasteiger partial charge in [-0.15, -0.1) is 11.6 Å². The fraction of sp³-hybridized carbons (Fsp3) is 0.429. The predicted molar refractivity (Wildman–Crippen MR) is 69.3 cm³/mol. The highest BCUT2D eigenvalue weighted by Gasteiger charge is 1.99. The molecule has 0 radical (unpaired) electrons. The van der Waals surface area contributed by atoms with Crippen LogP contribution < -0.4 is 0 Å². The summed E-state index contributed by atoms with van der Waals surface area (Å²) < 4.78 is 0. The van der Waals surface area contributed by atoms with E-state index in [2.05, 4.69) is 43.3 Å². The van der Waals surface area contributed by atoms with E-state index in [-0.39, 0.29) is 0 Å². The van der Waals surface area contributed by atoms with Crippen LogP contribution in [0.25, 0.3) is 6.08 Å². The van der Waals surface area contributed by atoms with E-state index < -0.39 is 0 Å². The first-order valence-electron chi connectivity index (χ1n) is 5.68. The summed E-state index contributed by atoms with van der Waals surface area (Å²) in [6, 6.07) is 10.3. The summed E-state index contributed by atoms with van der Waals surface area (Å²) in [5, 5.41) is 0.296. The molecule has 1 rings (SSSR count). The van der Waals surface area contributed by atoms with Gasteiger partial charge >= 0.3 is 0 Å². The topological polar surface area (TPSA) is 0 Å². The maximum Gasteiger partial charge on any atom is 0.0370 e. The van der Waals surface area contributed by atoms with Crippen LogP contribution in [0.15, 0.2) is 36.4 Å². The van der Waals surface area contributed by atoms with Gasteiger partial charge in [0.1, 0.15) is 0 Å². The van der Waals surface area contributed by atoms with Crippen LogP contribution in [0.3, 0.4) is 0 Å². The fourth-order valence-electron chi connectivity index (χ4n) is 1.46. The quantitative estimate of drug-likeness (QED) is 0.602. The van der Waals surface area contributed by atoms with Crippen molar-refractivity contribution in [1.82, 2.24) is 0 Å². The molecule has 0 saturated heterocycles. The molecule has 0 aliphatic carbocycles. The maximum atomic E-state index is 6.17. The van der Waals surface area contributed by atoms with Crippen LogP contribution in [0, 0.1) is 0 Å². The predicted octanol–water partition coefficient (Wildman–Crippen LogP) is 4.89. The molecule has 82 valence electrons. The standard InChI is InChI=1S/C14H19Cl/c1-2-3-11-14(15)12-7-10-13-8-5-4-6-9-13/h4-10,14H,2-3,11-12H2,1H3. The first-order chi connectivity index (χ1) is 7.33. The molecule has 0 spiro atoms. The molecule has 0 aromatic heterocycles. The number of rotatable bonds is 6. The van der Waals surface area contributed by atoms with E-state index in [1.54, 1.807) is 0 Å². The Kier molecular flexibility index (Phi) is 6.18. The molecule has 1 atom stereocenters. The van der Waals surface area contributed by atoms with E-state index in [4.69, 9.17) is 11.6 Å². The van der Waals surface area contributed by atoms with Crippen molar-refractivity contribution in [3.8, 4) is 0 Å². The van der Waals surface area contributed by atoms with E-state index in [0.29, 0.717) is 5.38 Å². The lowest BCUT2D eigenvalue weighted by molar-refractivity contribution is 0.682. The van der Waals surface area contributed by atoms with E-state index in [1.807, 2.05) is 6.07 Å². The second-order valence-electron chi connectivity index (χ2n) is 3.79. The van der Waals surface area contributed by atoms with Gasteiger partial charge in [-0.25, -0.2) is 0 Å². The number of hydrogen-bond donors (Lipinski definition) is 0. The summed E-state index contributed by atoms with van der Waals surface area (Å²) in [5.74, 6) is 0. The minimum atomic E-state index is 0.296. The van der Waals surface area contributed by atoms with Gasteiger partial charge in [0.05, 0.1) is 0 Å². The number of allylic oxidation sites excluding steroid dienone is 1. The van der Waals surface area contributed by atoms with Gasteiger partial charge in [0, 0.05) is 5.38 Å². The van der Waals surface area contributed by atoms with Gasteiger partial charge in [-0.1, -0.05) is 62.2 Å². The van der Waals surface area contributed by atoms with Crippen molar-refractivity contribution in [3.05, 3.63) is 42.0 Å². The highest BCUT2D eigenvalue weighted by atomic mass is 35.5.